The number of pyridine rings is 1. The van der Waals surface area contributed by atoms with Gasteiger partial charge in [-0.25, -0.2) is 9.98 Å². The fourth-order valence-electron chi connectivity index (χ4n) is 3.12. The zero-order valence-electron chi connectivity index (χ0n) is 17.4. The normalized spacial score (nSPS) is 11.4. The largest absolute Gasteiger partial charge is 0.497 e. The molecule has 0 saturated carbocycles. The molecule has 2 aromatic heterocycles. The van der Waals surface area contributed by atoms with Gasteiger partial charge >= 0.3 is 0 Å². The average molecular weight is 415 g/mol. The van der Waals surface area contributed by atoms with Crippen molar-refractivity contribution < 1.29 is 18.7 Å². The number of ether oxygens (including phenoxy) is 2. The van der Waals surface area contributed by atoms with Crippen molar-refractivity contribution in [2.75, 3.05) is 19.5 Å². The van der Waals surface area contributed by atoms with Crippen LogP contribution in [-0.4, -0.2) is 25.1 Å². The SMILES string of the molecule is COc1cccc(N=c2oc3c(OC)cccc3cc2C(=O)Nc2cccc(C)n2)c1. The van der Waals surface area contributed by atoms with Crippen molar-refractivity contribution >= 4 is 28.4 Å². The standard InChI is InChI=1S/C24H21N3O4/c1-15-7-4-12-21(25-15)27-23(28)19-13-16-8-5-11-20(30-3)22(16)31-24(19)26-17-9-6-10-18(14-17)29-2/h4-14H,1-3H3,(H,25,27,28). The summed E-state index contributed by atoms with van der Waals surface area (Å²) in [7, 11) is 3.14. The molecule has 0 aliphatic carbocycles. The fraction of sp³-hybridized carbons (Fsp3) is 0.125. The van der Waals surface area contributed by atoms with Crippen LogP contribution in [0.4, 0.5) is 11.5 Å². The van der Waals surface area contributed by atoms with E-state index < -0.39 is 0 Å². The molecule has 1 amide bonds. The molecule has 0 atom stereocenters. The molecule has 1 N–H and O–H groups in total. The molecule has 7 nitrogen and oxygen atoms in total. The predicted octanol–water partition coefficient (Wildman–Crippen LogP) is 4.64. The number of carbonyl (C=O) groups excluding carboxylic acids is 1. The molecule has 4 aromatic rings. The summed E-state index contributed by atoms with van der Waals surface area (Å²) in [6.45, 7) is 1.86. The third kappa shape index (κ3) is 4.40. The van der Waals surface area contributed by atoms with Gasteiger partial charge in [-0.3, -0.25) is 4.79 Å². The van der Waals surface area contributed by atoms with E-state index in [1.807, 2.05) is 43.3 Å². The van der Waals surface area contributed by atoms with Crippen molar-refractivity contribution in [1.29, 1.82) is 0 Å². The summed E-state index contributed by atoms with van der Waals surface area (Å²) >= 11 is 0. The van der Waals surface area contributed by atoms with E-state index in [1.165, 1.54) is 0 Å². The number of fused-ring (bicyclic) bond motifs is 1. The number of aromatic nitrogens is 1. The summed E-state index contributed by atoms with van der Waals surface area (Å²) in [6.07, 6.45) is 0. The van der Waals surface area contributed by atoms with Crippen LogP contribution in [0.25, 0.3) is 11.0 Å². The van der Waals surface area contributed by atoms with Gasteiger partial charge in [-0.1, -0.05) is 24.3 Å². The molecule has 156 valence electrons. The molecule has 4 rings (SSSR count). The molecule has 0 radical (unpaired) electrons. The van der Waals surface area contributed by atoms with E-state index in [2.05, 4.69) is 15.3 Å². The number of amides is 1. The van der Waals surface area contributed by atoms with Crippen molar-refractivity contribution in [3.05, 3.63) is 83.5 Å². The van der Waals surface area contributed by atoms with Gasteiger partial charge in [0, 0.05) is 17.1 Å². The first-order valence-electron chi connectivity index (χ1n) is 9.62. The summed E-state index contributed by atoms with van der Waals surface area (Å²) in [6, 6.07) is 19.8. The minimum Gasteiger partial charge on any atom is -0.497 e. The molecule has 7 heteroatoms. The van der Waals surface area contributed by atoms with Gasteiger partial charge in [-0.2, -0.15) is 0 Å². The number of nitrogens with zero attached hydrogens (tertiary/aromatic N) is 2. The number of nitrogens with one attached hydrogen (secondary N) is 1. The molecule has 0 bridgehead atoms. The first kappa shape index (κ1) is 20.2. The van der Waals surface area contributed by atoms with Gasteiger partial charge in [0.2, 0.25) is 5.55 Å². The topological polar surface area (TPSA) is 86.0 Å². The molecule has 0 aliphatic rings. The number of para-hydroxylation sites is 1. The second-order valence-electron chi connectivity index (χ2n) is 6.78. The Labute approximate surface area is 179 Å². The number of benzene rings is 2. The van der Waals surface area contributed by atoms with Gasteiger partial charge in [-0.15, -0.1) is 0 Å². The van der Waals surface area contributed by atoms with Crippen LogP contribution in [0.3, 0.4) is 0 Å². The minimum absolute atomic E-state index is 0.149. The van der Waals surface area contributed by atoms with Gasteiger partial charge < -0.3 is 19.2 Å². The molecule has 31 heavy (non-hydrogen) atoms. The number of methoxy groups -OCH3 is 2. The van der Waals surface area contributed by atoms with Crippen LogP contribution in [0.1, 0.15) is 16.1 Å². The highest BCUT2D eigenvalue weighted by atomic mass is 16.5. The van der Waals surface area contributed by atoms with Crippen LogP contribution in [0.5, 0.6) is 11.5 Å². The molecule has 2 heterocycles. The second kappa shape index (κ2) is 8.71. The number of hydrogen-bond donors (Lipinski definition) is 1. The van der Waals surface area contributed by atoms with Crippen LogP contribution < -0.4 is 20.3 Å². The number of anilines is 1. The van der Waals surface area contributed by atoms with Crippen molar-refractivity contribution in [2.24, 2.45) is 4.99 Å². The van der Waals surface area contributed by atoms with E-state index in [9.17, 15) is 4.79 Å². The Morgan fingerprint density at radius 2 is 1.81 bits per heavy atom. The summed E-state index contributed by atoms with van der Waals surface area (Å²) in [5.74, 6) is 1.26. The smallest absolute Gasteiger partial charge is 0.262 e. The lowest BCUT2D eigenvalue weighted by Gasteiger charge is -2.09. The Hall–Kier alpha value is -4.13. The quantitative estimate of drug-likeness (QED) is 0.513. The van der Waals surface area contributed by atoms with Crippen molar-refractivity contribution in [3.8, 4) is 11.5 Å². The maximum absolute atomic E-state index is 13.1. The molecular formula is C24H21N3O4. The average Bonchev–Trinajstić information content (AvgIpc) is 2.78. The number of carbonyl (C=O) groups is 1. The Balaban J connectivity index is 1.88. The minimum atomic E-state index is -0.381. The van der Waals surface area contributed by atoms with Crippen LogP contribution >= 0.6 is 0 Å². The Morgan fingerprint density at radius 3 is 2.58 bits per heavy atom. The van der Waals surface area contributed by atoms with E-state index in [4.69, 9.17) is 13.9 Å². The molecular weight excluding hydrogens is 394 g/mol. The summed E-state index contributed by atoms with van der Waals surface area (Å²) < 4.78 is 16.7. The lowest BCUT2D eigenvalue weighted by Crippen LogP contribution is -2.22. The van der Waals surface area contributed by atoms with Crippen molar-refractivity contribution in [3.63, 3.8) is 0 Å². The highest BCUT2D eigenvalue weighted by Crippen LogP contribution is 2.25. The van der Waals surface area contributed by atoms with E-state index in [0.717, 1.165) is 5.69 Å². The van der Waals surface area contributed by atoms with Crippen LogP contribution in [0.15, 0.2) is 76.1 Å². The van der Waals surface area contributed by atoms with Crippen LogP contribution in [-0.2, 0) is 0 Å². The maximum Gasteiger partial charge on any atom is 0.262 e. The highest BCUT2D eigenvalue weighted by Gasteiger charge is 2.15. The number of hydrogen-bond acceptors (Lipinski definition) is 6. The van der Waals surface area contributed by atoms with E-state index in [0.29, 0.717) is 34.0 Å². The summed E-state index contributed by atoms with van der Waals surface area (Å²) in [5.41, 5.74) is 2.30. The first-order chi connectivity index (χ1) is 15.1. The predicted molar refractivity (Wildman–Crippen MR) is 118 cm³/mol. The number of rotatable bonds is 5. The zero-order valence-corrected chi connectivity index (χ0v) is 17.4. The second-order valence-corrected chi connectivity index (χ2v) is 6.78. The monoisotopic (exact) mass is 415 g/mol. The molecule has 0 saturated heterocycles. The molecule has 2 aromatic carbocycles. The van der Waals surface area contributed by atoms with Gasteiger partial charge in [0.25, 0.3) is 5.91 Å². The molecule has 0 aliphatic heterocycles. The van der Waals surface area contributed by atoms with Gasteiger partial charge in [-0.05, 0) is 43.3 Å². The summed E-state index contributed by atoms with van der Waals surface area (Å²) in [5, 5.41) is 3.53. The van der Waals surface area contributed by atoms with E-state index in [1.54, 1.807) is 44.6 Å². The lowest BCUT2D eigenvalue weighted by atomic mass is 10.1. The molecule has 0 unspecified atom stereocenters. The van der Waals surface area contributed by atoms with E-state index in [-0.39, 0.29) is 17.0 Å². The lowest BCUT2D eigenvalue weighted by molar-refractivity contribution is 0.102. The van der Waals surface area contributed by atoms with Crippen molar-refractivity contribution in [2.45, 2.75) is 6.92 Å². The van der Waals surface area contributed by atoms with Crippen molar-refractivity contribution in [1.82, 2.24) is 4.98 Å². The number of aryl methyl sites for hydroxylation is 1. The van der Waals surface area contributed by atoms with Crippen LogP contribution in [0, 0.1) is 6.92 Å². The first-order valence-corrected chi connectivity index (χ1v) is 9.62. The Bertz CT molecular complexity index is 1330. The Morgan fingerprint density at radius 1 is 1.00 bits per heavy atom. The van der Waals surface area contributed by atoms with E-state index >= 15 is 0 Å². The fourth-order valence-corrected chi connectivity index (χ4v) is 3.12. The third-order valence-electron chi connectivity index (χ3n) is 4.62. The third-order valence-corrected chi connectivity index (χ3v) is 4.62. The highest BCUT2D eigenvalue weighted by molar-refractivity contribution is 6.05. The van der Waals surface area contributed by atoms with Gasteiger partial charge in [0.05, 0.1) is 19.9 Å². The molecule has 0 fully saturated rings. The van der Waals surface area contributed by atoms with Crippen LogP contribution in [0.2, 0.25) is 0 Å². The van der Waals surface area contributed by atoms with Gasteiger partial charge in [0.1, 0.15) is 17.1 Å². The zero-order chi connectivity index (χ0) is 21.8. The maximum atomic E-state index is 13.1. The summed E-state index contributed by atoms with van der Waals surface area (Å²) in [4.78, 5) is 22.0. The van der Waals surface area contributed by atoms with Gasteiger partial charge in [0.15, 0.2) is 11.3 Å². The Kier molecular flexibility index (Phi) is 5.66. The molecule has 0 spiro atoms.